The minimum Gasteiger partial charge on any atom is -0.271 e. The molecule has 0 aromatic heterocycles. The van der Waals surface area contributed by atoms with Gasteiger partial charge in [-0.25, -0.2) is 0 Å². The monoisotopic (exact) mass is 114 g/mol. The lowest BCUT2D eigenvalue weighted by atomic mass is 10.2. The van der Waals surface area contributed by atoms with Crippen molar-refractivity contribution in [1.82, 2.24) is 0 Å². The highest BCUT2D eigenvalue weighted by atomic mass is 16.1. The van der Waals surface area contributed by atoms with Gasteiger partial charge >= 0.3 is 0 Å². The van der Waals surface area contributed by atoms with Gasteiger partial charge in [-0.15, -0.1) is 5.11 Å². The molecule has 1 amide bonds. The van der Waals surface area contributed by atoms with Gasteiger partial charge in [0.1, 0.15) is 0 Å². The standard InChI is InChI=1S/C5H10N2O/c1-4(2)5(8)7-6-3/h4H,1-3H3/b7-6-. The quantitative estimate of drug-likeness (QED) is 0.473. The third-order valence-corrected chi connectivity index (χ3v) is 0.692. The predicted molar refractivity (Wildman–Crippen MR) is 30.6 cm³/mol. The van der Waals surface area contributed by atoms with E-state index in [4.69, 9.17) is 0 Å². The van der Waals surface area contributed by atoms with Crippen molar-refractivity contribution in [2.24, 2.45) is 16.1 Å². The lowest BCUT2D eigenvalue weighted by Crippen LogP contribution is -2.01. The minimum atomic E-state index is -0.160. The number of rotatable bonds is 1. The summed E-state index contributed by atoms with van der Waals surface area (Å²) in [6.45, 7) is 3.58. The molecule has 46 valence electrons. The molecule has 0 spiro atoms. The fraction of sp³-hybridized carbons (Fsp3) is 0.800. The molecule has 0 radical (unpaired) electrons. The molecule has 0 heterocycles. The Hall–Kier alpha value is -0.730. The molecule has 0 aliphatic rings. The van der Waals surface area contributed by atoms with Crippen molar-refractivity contribution < 1.29 is 4.79 Å². The summed E-state index contributed by atoms with van der Waals surface area (Å²) in [7, 11) is 1.49. The van der Waals surface area contributed by atoms with E-state index in [0.717, 1.165) is 0 Å². The molecule has 3 nitrogen and oxygen atoms in total. The number of carbonyl (C=O) groups excluding carboxylic acids is 1. The van der Waals surface area contributed by atoms with Gasteiger partial charge in [0.25, 0.3) is 5.91 Å². The Balaban J connectivity index is 3.66. The lowest BCUT2D eigenvalue weighted by Gasteiger charge is -1.91. The second-order valence-electron chi connectivity index (χ2n) is 1.79. The predicted octanol–water partition coefficient (Wildman–Crippen LogP) is 1.25. The zero-order valence-corrected chi connectivity index (χ0v) is 5.38. The Bertz CT molecular complexity index is 107. The van der Waals surface area contributed by atoms with Gasteiger partial charge in [0, 0.05) is 13.0 Å². The van der Waals surface area contributed by atoms with Gasteiger partial charge < -0.3 is 0 Å². The van der Waals surface area contributed by atoms with Gasteiger partial charge in [-0.2, -0.15) is 5.11 Å². The van der Waals surface area contributed by atoms with Crippen LogP contribution in [-0.4, -0.2) is 13.0 Å². The van der Waals surface area contributed by atoms with Crippen molar-refractivity contribution in [3.63, 3.8) is 0 Å². The SMILES string of the molecule is C/N=N\C(=O)C(C)C. The Labute approximate surface area is 48.8 Å². The summed E-state index contributed by atoms with van der Waals surface area (Å²) in [5, 5.41) is 6.64. The first kappa shape index (κ1) is 7.27. The fourth-order valence-electron chi connectivity index (χ4n) is 0.214. The van der Waals surface area contributed by atoms with Gasteiger partial charge in [0.15, 0.2) is 0 Å². The summed E-state index contributed by atoms with van der Waals surface area (Å²) >= 11 is 0. The van der Waals surface area contributed by atoms with E-state index in [-0.39, 0.29) is 11.8 Å². The maximum absolute atomic E-state index is 10.5. The number of hydrogen-bond acceptors (Lipinski definition) is 2. The van der Waals surface area contributed by atoms with Crippen molar-refractivity contribution in [2.75, 3.05) is 7.05 Å². The van der Waals surface area contributed by atoms with Crippen LogP contribution in [0.15, 0.2) is 10.2 Å². The largest absolute Gasteiger partial charge is 0.271 e. The van der Waals surface area contributed by atoms with Crippen LogP contribution < -0.4 is 0 Å². The molecule has 0 unspecified atom stereocenters. The van der Waals surface area contributed by atoms with Crippen LogP contribution in [0.5, 0.6) is 0 Å². The van der Waals surface area contributed by atoms with Crippen molar-refractivity contribution in [2.45, 2.75) is 13.8 Å². The second-order valence-corrected chi connectivity index (χ2v) is 1.79. The topological polar surface area (TPSA) is 41.8 Å². The average molecular weight is 114 g/mol. The zero-order chi connectivity index (χ0) is 6.57. The average Bonchev–Trinajstić information content (AvgIpc) is 1.67. The summed E-state index contributed by atoms with van der Waals surface area (Å²) in [6.07, 6.45) is 0. The summed E-state index contributed by atoms with van der Waals surface area (Å²) in [5.74, 6) is -0.189. The molecule has 0 aromatic carbocycles. The molecule has 0 bridgehead atoms. The van der Waals surface area contributed by atoms with Crippen molar-refractivity contribution in [3.05, 3.63) is 0 Å². The van der Waals surface area contributed by atoms with Gasteiger partial charge in [-0.3, -0.25) is 4.79 Å². The fourth-order valence-corrected chi connectivity index (χ4v) is 0.214. The lowest BCUT2D eigenvalue weighted by molar-refractivity contribution is -0.121. The van der Waals surface area contributed by atoms with Crippen molar-refractivity contribution in [1.29, 1.82) is 0 Å². The van der Waals surface area contributed by atoms with Gasteiger partial charge in [-0.05, 0) is 0 Å². The molecule has 0 atom stereocenters. The molecule has 0 aliphatic heterocycles. The summed E-state index contributed by atoms with van der Waals surface area (Å²) < 4.78 is 0. The molecule has 0 fully saturated rings. The van der Waals surface area contributed by atoms with E-state index in [0.29, 0.717) is 0 Å². The molecule has 0 N–H and O–H groups in total. The third-order valence-electron chi connectivity index (χ3n) is 0.692. The molecule has 0 saturated heterocycles. The van der Waals surface area contributed by atoms with Gasteiger partial charge in [-0.1, -0.05) is 13.8 Å². The first-order valence-electron chi connectivity index (χ1n) is 2.52. The zero-order valence-electron chi connectivity index (χ0n) is 5.38. The van der Waals surface area contributed by atoms with E-state index in [1.165, 1.54) is 7.05 Å². The summed E-state index contributed by atoms with van der Waals surface area (Å²) in [4.78, 5) is 10.5. The van der Waals surface area contributed by atoms with Crippen LogP contribution in [0, 0.1) is 5.92 Å². The third kappa shape index (κ3) is 2.44. The Kier molecular flexibility index (Phi) is 2.99. The van der Waals surface area contributed by atoms with Gasteiger partial charge in [0.05, 0.1) is 0 Å². The maximum Gasteiger partial charge on any atom is 0.266 e. The number of azo groups is 1. The Morgan fingerprint density at radius 3 is 2.12 bits per heavy atom. The van der Waals surface area contributed by atoms with Crippen LogP contribution in [0.4, 0.5) is 0 Å². The van der Waals surface area contributed by atoms with Crippen LogP contribution in [0.1, 0.15) is 13.8 Å². The molecule has 0 rings (SSSR count). The van der Waals surface area contributed by atoms with Crippen LogP contribution in [0.3, 0.4) is 0 Å². The Morgan fingerprint density at radius 1 is 1.50 bits per heavy atom. The van der Waals surface area contributed by atoms with E-state index in [1.54, 1.807) is 13.8 Å². The van der Waals surface area contributed by atoms with Crippen LogP contribution in [0.2, 0.25) is 0 Å². The number of carbonyl (C=O) groups is 1. The molecule has 0 saturated carbocycles. The molecular weight excluding hydrogens is 104 g/mol. The molecule has 0 aromatic rings. The van der Waals surface area contributed by atoms with Crippen molar-refractivity contribution in [3.8, 4) is 0 Å². The maximum atomic E-state index is 10.5. The van der Waals surface area contributed by atoms with Crippen LogP contribution in [0.25, 0.3) is 0 Å². The molecule has 3 heteroatoms. The van der Waals surface area contributed by atoms with E-state index < -0.39 is 0 Å². The highest BCUT2D eigenvalue weighted by molar-refractivity contribution is 5.78. The first-order valence-corrected chi connectivity index (χ1v) is 2.52. The molecule has 0 aliphatic carbocycles. The first-order chi connectivity index (χ1) is 3.68. The number of hydrogen-bond donors (Lipinski definition) is 0. The number of amides is 1. The molecular formula is C5H10N2O. The van der Waals surface area contributed by atoms with Crippen molar-refractivity contribution >= 4 is 5.91 Å². The highest BCUT2D eigenvalue weighted by Gasteiger charge is 2.02. The Morgan fingerprint density at radius 2 is 2.00 bits per heavy atom. The minimum absolute atomic E-state index is 0.0290. The molecule has 8 heavy (non-hydrogen) atoms. The van der Waals surface area contributed by atoms with Crippen LogP contribution >= 0.6 is 0 Å². The summed E-state index contributed by atoms with van der Waals surface area (Å²) in [5.41, 5.74) is 0. The summed E-state index contributed by atoms with van der Waals surface area (Å²) in [6, 6.07) is 0. The van der Waals surface area contributed by atoms with E-state index in [2.05, 4.69) is 10.2 Å². The normalized spacial score (nSPS) is 11.0. The smallest absolute Gasteiger partial charge is 0.266 e. The van der Waals surface area contributed by atoms with E-state index in [1.807, 2.05) is 0 Å². The van der Waals surface area contributed by atoms with E-state index in [9.17, 15) is 4.79 Å². The van der Waals surface area contributed by atoms with E-state index >= 15 is 0 Å². The van der Waals surface area contributed by atoms with Gasteiger partial charge in [0.2, 0.25) is 0 Å². The second kappa shape index (κ2) is 3.29. The highest BCUT2D eigenvalue weighted by Crippen LogP contribution is 1.93. The van der Waals surface area contributed by atoms with Crippen LogP contribution in [-0.2, 0) is 4.79 Å². The number of nitrogens with zero attached hydrogens (tertiary/aromatic N) is 2.